The van der Waals surface area contributed by atoms with E-state index in [4.69, 9.17) is 10.7 Å². The number of nitrogens with one attached hydrogen (secondary N) is 1. The molecule has 4 aromatic rings. The van der Waals surface area contributed by atoms with E-state index in [1.54, 1.807) is 6.92 Å². The second-order valence-corrected chi connectivity index (χ2v) is 8.68. The van der Waals surface area contributed by atoms with E-state index in [1.165, 1.54) is 28.0 Å². The smallest absolute Gasteiger partial charge is 0.242 e. The number of amides is 1. The lowest BCUT2D eigenvalue weighted by molar-refractivity contribution is -0.117. The van der Waals surface area contributed by atoms with Gasteiger partial charge >= 0.3 is 0 Å². The molecule has 0 radical (unpaired) electrons. The van der Waals surface area contributed by atoms with E-state index in [-0.39, 0.29) is 5.91 Å². The lowest BCUT2D eigenvalue weighted by Gasteiger charge is -2.07. The molecule has 156 valence electrons. The quantitative estimate of drug-likeness (QED) is 0.422. The van der Waals surface area contributed by atoms with Gasteiger partial charge in [-0.2, -0.15) is 0 Å². The molecular weight excluding hydrogens is 402 g/mol. The molecule has 1 atom stereocenters. The number of thiazole rings is 1. The van der Waals surface area contributed by atoms with Crippen molar-refractivity contribution >= 4 is 22.4 Å². The molecule has 4 nitrogen and oxygen atoms in total. The highest BCUT2D eigenvalue weighted by Crippen LogP contribution is 2.33. The molecule has 0 aliphatic carbocycles. The van der Waals surface area contributed by atoms with Crippen molar-refractivity contribution in [2.45, 2.75) is 25.8 Å². The van der Waals surface area contributed by atoms with Crippen molar-refractivity contribution in [2.24, 2.45) is 5.73 Å². The molecular formula is C26H25N3OS. The maximum absolute atomic E-state index is 12.1. The van der Waals surface area contributed by atoms with Crippen LogP contribution in [0.3, 0.4) is 0 Å². The summed E-state index contributed by atoms with van der Waals surface area (Å²) in [5.74, 6) is -0.232. The van der Waals surface area contributed by atoms with Gasteiger partial charge in [0.15, 0.2) is 5.13 Å². The summed E-state index contributed by atoms with van der Waals surface area (Å²) < 4.78 is 0. The van der Waals surface area contributed by atoms with Crippen LogP contribution in [0.4, 0.5) is 5.13 Å². The monoisotopic (exact) mass is 427 g/mol. The predicted molar refractivity (Wildman–Crippen MR) is 128 cm³/mol. The van der Waals surface area contributed by atoms with Crippen molar-refractivity contribution in [1.82, 2.24) is 4.98 Å². The number of nitrogens with zero attached hydrogens (tertiary/aromatic N) is 1. The molecule has 0 spiro atoms. The minimum Gasteiger partial charge on any atom is -0.320 e. The number of rotatable bonds is 7. The molecule has 0 unspecified atom stereocenters. The molecule has 1 heterocycles. The minimum atomic E-state index is -0.584. The van der Waals surface area contributed by atoms with Gasteiger partial charge in [-0.25, -0.2) is 4.98 Å². The molecule has 0 aliphatic heterocycles. The van der Waals surface area contributed by atoms with Crippen LogP contribution in [0.15, 0.2) is 84.9 Å². The lowest BCUT2D eigenvalue weighted by Crippen LogP contribution is -2.32. The molecule has 0 aliphatic rings. The zero-order chi connectivity index (χ0) is 21.6. The highest BCUT2D eigenvalue weighted by molar-refractivity contribution is 7.16. The third-order valence-electron chi connectivity index (χ3n) is 5.00. The topological polar surface area (TPSA) is 68.0 Å². The van der Waals surface area contributed by atoms with Crippen molar-refractivity contribution < 1.29 is 4.79 Å². The second-order valence-electron chi connectivity index (χ2n) is 7.59. The van der Waals surface area contributed by atoms with Crippen molar-refractivity contribution in [2.75, 3.05) is 5.32 Å². The second kappa shape index (κ2) is 9.69. The van der Waals surface area contributed by atoms with Crippen molar-refractivity contribution in [3.05, 3.63) is 106 Å². The van der Waals surface area contributed by atoms with Gasteiger partial charge in [0.1, 0.15) is 0 Å². The van der Waals surface area contributed by atoms with Gasteiger partial charge in [-0.1, -0.05) is 78.9 Å². The van der Waals surface area contributed by atoms with E-state index in [0.29, 0.717) is 5.13 Å². The summed E-state index contributed by atoms with van der Waals surface area (Å²) in [6.45, 7) is 1.67. The summed E-state index contributed by atoms with van der Waals surface area (Å²) >= 11 is 1.51. The zero-order valence-electron chi connectivity index (χ0n) is 17.4. The molecule has 5 heteroatoms. The molecule has 1 amide bonds. The van der Waals surface area contributed by atoms with Crippen molar-refractivity contribution in [1.29, 1.82) is 0 Å². The van der Waals surface area contributed by atoms with Gasteiger partial charge < -0.3 is 11.1 Å². The van der Waals surface area contributed by atoms with E-state index in [9.17, 15) is 4.79 Å². The standard InChI is InChI=1S/C26H25N3OS/c1-18(27)25(30)29-26-28-24(23(31-26)17-20-11-6-3-7-12-20)22-14-8-13-21(16-22)15-19-9-4-2-5-10-19/h2-14,16,18H,15,17,27H2,1H3,(H,28,29,30)/t18-/m0/s1. The van der Waals surface area contributed by atoms with E-state index in [0.717, 1.165) is 29.0 Å². The summed E-state index contributed by atoms with van der Waals surface area (Å²) in [5.41, 5.74) is 11.4. The van der Waals surface area contributed by atoms with Crippen LogP contribution in [-0.4, -0.2) is 16.9 Å². The number of hydrogen-bond donors (Lipinski definition) is 2. The Hall–Kier alpha value is -3.28. The highest BCUT2D eigenvalue weighted by atomic mass is 32.1. The first-order chi connectivity index (χ1) is 15.1. The van der Waals surface area contributed by atoms with Gasteiger partial charge in [0.25, 0.3) is 0 Å². The van der Waals surface area contributed by atoms with Gasteiger partial charge in [-0.15, -0.1) is 11.3 Å². The Morgan fingerprint density at radius 3 is 2.16 bits per heavy atom. The maximum Gasteiger partial charge on any atom is 0.242 e. The summed E-state index contributed by atoms with van der Waals surface area (Å²) in [6, 6.07) is 28.6. The molecule has 31 heavy (non-hydrogen) atoms. The van der Waals surface area contributed by atoms with Crippen LogP contribution in [0, 0.1) is 0 Å². The van der Waals surface area contributed by atoms with Crippen LogP contribution in [0.25, 0.3) is 11.3 Å². The fraction of sp³-hybridized carbons (Fsp3) is 0.154. The van der Waals surface area contributed by atoms with Crippen LogP contribution in [0.5, 0.6) is 0 Å². The average Bonchev–Trinajstić information content (AvgIpc) is 3.17. The molecule has 1 aromatic heterocycles. The van der Waals surface area contributed by atoms with Crippen LogP contribution in [-0.2, 0) is 17.6 Å². The number of anilines is 1. The van der Waals surface area contributed by atoms with Crippen LogP contribution >= 0.6 is 11.3 Å². The predicted octanol–water partition coefficient (Wildman–Crippen LogP) is 5.28. The third-order valence-corrected chi connectivity index (χ3v) is 5.97. The van der Waals surface area contributed by atoms with Gasteiger partial charge in [0, 0.05) is 16.9 Å². The summed E-state index contributed by atoms with van der Waals surface area (Å²) in [4.78, 5) is 18.0. The van der Waals surface area contributed by atoms with Gasteiger partial charge in [-0.3, -0.25) is 4.79 Å². The summed E-state index contributed by atoms with van der Waals surface area (Å²) in [7, 11) is 0. The van der Waals surface area contributed by atoms with Gasteiger partial charge in [0.2, 0.25) is 5.91 Å². The molecule has 0 fully saturated rings. The molecule has 3 N–H and O–H groups in total. The maximum atomic E-state index is 12.1. The Bertz CT molecular complexity index is 1150. The van der Waals surface area contributed by atoms with E-state index in [1.807, 2.05) is 24.3 Å². The molecule has 0 saturated carbocycles. The van der Waals surface area contributed by atoms with Gasteiger partial charge in [-0.05, 0) is 36.1 Å². The van der Waals surface area contributed by atoms with E-state index >= 15 is 0 Å². The van der Waals surface area contributed by atoms with E-state index < -0.39 is 6.04 Å². The summed E-state index contributed by atoms with van der Waals surface area (Å²) in [5, 5.41) is 3.44. The Morgan fingerprint density at radius 1 is 0.903 bits per heavy atom. The average molecular weight is 428 g/mol. The number of carbonyl (C=O) groups is 1. The van der Waals surface area contributed by atoms with Crippen LogP contribution in [0.2, 0.25) is 0 Å². The first kappa shape index (κ1) is 21.0. The SMILES string of the molecule is C[C@H](N)C(=O)Nc1nc(-c2cccc(Cc3ccccc3)c2)c(Cc2ccccc2)s1. The Balaban J connectivity index is 1.67. The number of benzene rings is 3. The minimum absolute atomic E-state index is 0.232. The van der Waals surface area contributed by atoms with Crippen LogP contribution < -0.4 is 11.1 Å². The Labute approximate surface area is 186 Å². The normalized spacial score (nSPS) is 11.8. The fourth-order valence-electron chi connectivity index (χ4n) is 3.41. The zero-order valence-corrected chi connectivity index (χ0v) is 18.2. The first-order valence-corrected chi connectivity index (χ1v) is 11.1. The fourth-order valence-corrected chi connectivity index (χ4v) is 4.43. The molecule has 4 rings (SSSR count). The number of hydrogen-bond acceptors (Lipinski definition) is 4. The van der Waals surface area contributed by atoms with Crippen molar-refractivity contribution in [3.8, 4) is 11.3 Å². The Kier molecular flexibility index (Phi) is 6.55. The first-order valence-electron chi connectivity index (χ1n) is 10.3. The number of aromatic nitrogens is 1. The molecule has 0 saturated heterocycles. The number of nitrogens with two attached hydrogens (primary N) is 1. The Morgan fingerprint density at radius 2 is 1.52 bits per heavy atom. The highest BCUT2D eigenvalue weighted by Gasteiger charge is 2.17. The molecule has 0 bridgehead atoms. The molecule has 3 aromatic carbocycles. The lowest BCUT2D eigenvalue weighted by atomic mass is 10.0. The van der Waals surface area contributed by atoms with Crippen LogP contribution in [0.1, 0.15) is 28.5 Å². The van der Waals surface area contributed by atoms with Crippen molar-refractivity contribution in [3.63, 3.8) is 0 Å². The third kappa shape index (κ3) is 5.45. The largest absolute Gasteiger partial charge is 0.320 e. The van der Waals surface area contributed by atoms with Gasteiger partial charge in [0.05, 0.1) is 11.7 Å². The number of carbonyl (C=O) groups excluding carboxylic acids is 1. The summed E-state index contributed by atoms with van der Waals surface area (Å²) in [6.07, 6.45) is 1.62. The van der Waals surface area contributed by atoms with E-state index in [2.05, 4.69) is 66.0 Å².